The van der Waals surface area contributed by atoms with Crippen LogP contribution in [0.25, 0.3) is 0 Å². The first-order chi connectivity index (χ1) is 8.59. The summed E-state index contributed by atoms with van der Waals surface area (Å²) < 4.78 is 4.53. The van der Waals surface area contributed by atoms with Crippen LogP contribution in [0.3, 0.4) is 0 Å². The van der Waals surface area contributed by atoms with E-state index in [1.807, 2.05) is 0 Å². The van der Waals surface area contributed by atoms with Crippen molar-refractivity contribution in [2.24, 2.45) is 0 Å². The molecule has 0 aliphatic carbocycles. The minimum Gasteiger partial charge on any atom is -0.508 e. The zero-order chi connectivity index (χ0) is 13.1. The predicted octanol–water partition coefficient (Wildman–Crippen LogP) is 0.763. The molecule has 0 bridgehead atoms. The van der Waals surface area contributed by atoms with E-state index in [2.05, 4.69) is 10.1 Å². The van der Waals surface area contributed by atoms with Crippen molar-refractivity contribution in [1.82, 2.24) is 5.32 Å². The molecule has 6 heteroatoms. The van der Waals surface area contributed by atoms with E-state index in [0.29, 0.717) is 5.56 Å². The fourth-order valence-electron chi connectivity index (χ4n) is 1.48. The molecule has 2 rings (SSSR count). The number of carbonyl (C=O) groups is 2. The average Bonchev–Trinajstić information content (AvgIpc) is 2.70. The van der Waals surface area contributed by atoms with Crippen molar-refractivity contribution in [3.05, 3.63) is 47.2 Å². The molecule has 1 aromatic rings. The van der Waals surface area contributed by atoms with Crippen LogP contribution in [0.1, 0.15) is 10.4 Å². The quantitative estimate of drug-likeness (QED) is 0.407. The maximum atomic E-state index is 11.7. The molecule has 0 radical (unpaired) electrons. The van der Waals surface area contributed by atoms with Gasteiger partial charge in [-0.25, -0.2) is 4.79 Å². The maximum absolute atomic E-state index is 11.7. The Hall–Kier alpha value is -2.63. The second kappa shape index (κ2) is 4.70. The highest BCUT2D eigenvalue weighted by Gasteiger charge is 2.29. The molecule has 3 N–H and O–H groups in total. The number of esters is 1. The zero-order valence-corrected chi connectivity index (χ0v) is 9.27. The van der Waals surface area contributed by atoms with E-state index in [1.165, 1.54) is 0 Å². The highest BCUT2D eigenvalue weighted by molar-refractivity contribution is 6.23. The standard InChI is InChI=1S/C12H10N2O4/c13-10(9-8(15)6-18-12(9)17)14-11(16)7-4-2-1-3-5-7/h1-5,15H,6H2,(H2,13,14,16). The number of aliphatic hydroxyl groups is 1. The number of nitrogens with one attached hydrogen (secondary N) is 2. The molecule has 1 aliphatic rings. The highest BCUT2D eigenvalue weighted by Crippen LogP contribution is 2.13. The Morgan fingerprint density at radius 1 is 1.33 bits per heavy atom. The third kappa shape index (κ3) is 2.22. The Morgan fingerprint density at radius 2 is 2.00 bits per heavy atom. The topological polar surface area (TPSA) is 99.5 Å². The molecule has 1 amide bonds. The first kappa shape index (κ1) is 11.8. The Balaban J connectivity index is 2.12. The van der Waals surface area contributed by atoms with E-state index in [-0.39, 0.29) is 17.9 Å². The van der Waals surface area contributed by atoms with Crippen LogP contribution in [0.15, 0.2) is 41.7 Å². The van der Waals surface area contributed by atoms with Gasteiger partial charge in [0.25, 0.3) is 5.91 Å². The van der Waals surface area contributed by atoms with E-state index in [4.69, 9.17) is 5.41 Å². The lowest BCUT2D eigenvalue weighted by molar-refractivity contribution is -0.135. The average molecular weight is 246 g/mol. The van der Waals surface area contributed by atoms with Crippen LogP contribution in [0, 0.1) is 5.41 Å². The molecule has 0 atom stereocenters. The molecular weight excluding hydrogens is 236 g/mol. The summed E-state index contributed by atoms with van der Waals surface area (Å²) in [6.45, 7) is -0.266. The second-order valence-electron chi connectivity index (χ2n) is 3.59. The van der Waals surface area contributed by atoms with Crippen LogP contribution in [0.2, 0.25) is 0 Å². The normalized spacial score (nSPS) is 14.3. The summed E-state index contributed by atoms with van der Waals surface area (Å²) in [5, 5.41) is 19.2. The lowest BCUT2D eigenvalue weighted by Gasteiger charge is -2.05. The van der Waals surface area contributed by atoms with Gasteiger partial charge >= 0.3 is 5.97 Å². The molecule has 92 valence electrons. The number of amides is 1. The van der Waals surface area contributed by atoms with Gasteiger partial charge in [-0.1, -0.05) is 18.2 Å². The number of hydrogen-bond acceptors (Lipinski definition) is 5. The lowest BCUT2D eigenvalue weighted by Crippen LogP contribution is -2.33. The Labute approximate surface area is 102 Å². The van der Waals surface area contributed by atoms with Gasteiger partial charge in [-0.3, -0.25) is 10.2 Å². The largest absolute Gasteiger partial charge is 0.508 e. The summed E-state index contributed by atoms with van der Waals surface area (Å²) in [5.41, 5.74) is 0.0491. The Bertz CT molecular complexity index is 548. The summed E-state index contributed by atoms with van der Waals surface area (Å²) in [6.07, 6.45) is 0. The summed E-state index contributed by atoms with van der Waals surface area (Å²) in [7, 11) is 0. The van der Waals surface area contributed by atoms with Crippen molar-refractivity contribution in [3.8, 4) is 0 Å². The van der Waals surface area contributed by atoms with Gasteiger partial charge in [0.15, 0.2) is 0 Å². The van der Waals surface area contributed by atoms with Crippen molar-refractivity contribution < 1.29 is 19.4 Å². The number of rotatable bonds is 2. The molecule has 1 heterocycles. The first-order valence-electron chi connectivity index (χ1n) is 5.14. The van der Waals surface area contributed by atoms with Gasteiger partial charge in [0, 0.05) is 5.56 Å². The highest BCUT2D eigenvalue weighted by atomic mass is 16.5. The van der Waals surface area contributed by atoms with Crippen LogP contribution in [-0.2, 0) is 9.53 Å². The molecule has 0 saturated heterocycles. The van der Waals surface area contributed by atoms with E-state index in [9.17, 15) is 14.7 Å². The number of carbonyl (C=O) groups excluding carboxylic acids is 2. The van der Waals surface area contributed by atoms with Gasteiger partial charge in [0.05, 0.1) is 0 Å². The zero-order valence-electron chi connectivity index (χ0n) is 9.27. The molecule has 0 spiro atoms. The molecule has 18 heavy (non-hydrogen) atoms. The van der Waals surface area contributed by atoms with Gasteiger partial charge in [-0.2, -0.15) is 0 Å². The Morgan fingerprint density at radius 3 is 2.56 bits per heavy atom. The van der Waals surface area contributed by atoms with Gasteiger partial charge in [0.1, 0.15) is 23.8 Å². The van der Waals surface area contributed by atoms with E-state index in [1.54, 1.807) is 30.3 Å². The molecule has 0 aromatic heterocycles. The molecule has 0 saturated carbocycles. The van der Waals surface area contributed by atoms with E-state index in [0.717, 1.165) is 0 Å². The van der Waals surface area contributed by atoms with E-state index >= 15 is 0 Å². The summed E-state index contributed by atoms with van der Waals surface area (Å²) in [4.78, 5) is 22.9. The van der Waals surface area contributed by atoms with Crippen molar-refractivity contribution in [2.45, 2.75) is 0 Å². The van der Waals surface area contributed by atoms with Crippen LogP contribution < -0.4 is 5.32 Å². The number of aliphatic hydroxyl groups excluding tert-OH is 1. The predicted molar refractivity (Wildman–Crippen MR) is 62.2 cm³/mol. The fourth-order valence-corrected chi connectivity index (χ4v) is 1.48. The number of hydrogen-bond donors (Lipinski definition) is 3. The molecular formula is C12H10N2O4. The van der Waals surface area contributed by atoms with Crippen LogP contribution in [0.4, 0.5) is 0 Å². The van der Waals surface area contributed by atoms with Crippen LogP contribution in [0.5, 0.6) is 0 Å². The minimum absolute atomic E-state index is 0.266. The van der Waals surface area contributed by atoms with Crippen LogP contribution >= 0.6 is 0 Å². The summed E-state index contributed by atoms with van der Waals surface area (Å²) in [5.74, 6) is -2.16. The maximum Gasteiger partial charge on any atom is 0.345 e. The second-order valence-corrected chi connectivity index (χ2v) is 3.59. The first-order valence-corrected chi connectivity index (χ1v) is 5.14. The third-order valence-electron chi connectivity index (χ3n) is 2.36. The lowest BCUT2D eigenvalue weighted by atomic mass is 10.2. The summed E-state index contributed by atoms with van der Waals surface area (Å²) in [6, 6.07) is 8.26. The molecule has 6 nitrogen and oxygen atoms in total. The van der Waals surface area contributed by atoms with Crippen molar-refractivity contribution in [3.63, 3.8) is 0 Å². The SMILES string of the molecule is N=C(NC(=O)c1ccccc1)C1=C(O)COC1=O. The van der Waals surface area contributed by atoms with Crippen molar-refractivity contribution in [1.29, 1.82) is 5.41 Å². The number of benzene rings is 1. The number of amidine groups is 1. The van der Waals surface area contributed by atoms with Gasteiger partial charge < -0.3 is 15.2 Å². The number of ether oxygens (including phenoxy) is 1. The van der Waals surface area contributed by atoms with E-state index < -0.39 is 17.7 Å². The monoisotopic (exact) mass is 246 g/mol. The van der Waals surface area contributed by atoms with Crippen molar-refractivity contribution in [2.75, 3.05) is 6.61 Å². The minimum atomic E-state index is -0.814. The van der Waals surface area contributed by atoms with Gasteiger partial charge in [-0.15, -0.1) is 0 Å². The molecule has 0 fully saturated rings. The molecule has 0 unspecified atom stereocenters. The molecule has 1 aliphatic heterocycles. The molecule has 1 aromatic carbocycles. The van der Waals surface area contributed by atoms with Crippen molar-refractivity contribution >= 4 is 17.7 Å². The summed E-state index contributed by atoms with van der Waals surface area (Å²) >= 11 is 0. The third-order valence-corrected chi connectivity index (χ3v) is 2.36. The smallest absolute Gasteiger partial charge is 0.345 e. The fraction of sp³-hybridized carbons (Fsp3) is 0.0833. The van der Waals surface area contributed by atoms with Crippen LogP contribution in [-0.4, -0.2) is 29.4 Å². The van der Waals surface area contributed by atoms with Gasteiger partial charge in [0.2, 0.25) is 0 Å². The Kier molecular flexibility index (Phi) is 3.09. The van der Waals surface area contributed by atoms with Gasteiger partial charge in [-0.05, 0) is 12.1 Å². The number of cyclic esters (lactones) is 1.